The molecule has 0 atom stereocenters. The first-order valence-corrected chi connectivity index (χ1v) is 11.0. The van der Waals surface area contributed by atoms with Crippen LogP contribution in [-0.4, -0.2) is 35.6 Å². The van der Waals surface area contributed by atoms with E-state index in [1.54, 1.807) is 0 Å². The van der Waals surface area contributed by atoms with Crippen molar-refractivity contribution < 1.29 is 9.53 Å². The van der Waals surface area contributed by atoms with Crippen LogP contribution < -0.4 is 15.0 Å². The van der Waals surface area contributed by atoms with Crippen molar-refractivity contribution in [3.05, 3.63) is 54.6 Å². The van der Waals surface area contributed by atoms with Crippen molar-refractivity contribution in [2.75, 3.05) is 29.9 Å². The number of anilines is 2. The highest BCUT2D eigenvalue weighted by atomic mass is 32.1. The Labute approximate surface area is 178 Å². The van der Waals surface area contributed by atoms with Crippen LogP contribution in [0.3, 0.4) is 0 Å². The third-order valence-electron chi connectivity index (χ3n) is 5.25. The first-order chi connectivity index (χ1) is 14.8. The molecule has 7 heteroatoms. The zero-order valence-electron chi connectivity index (χ0n) is 16.5. The molecule has 0 aliphatic carbocycles. The van der Waals surface area contributed by atoms with Crippen molar-refractivity contribution in [3.63, 3.8) is 0 Å². The number of amides is 1. The number of carbonyl (C=O) groups excluding carboxylic acids is 1. The maximum absolute atomic E-state index is 12.4. The molecule has 152 valence electrons. The predicted molar refractivity (Wildman–Crippen MR) is 122 cm³/mol. The summed E-state index contributed by atoms with van der Waals surface area (Å²) < 4.78 is 6.89. The summed E-state index contributed by atoms with van der Waals surface area (Å²) in [6.07, 6.45) is 3.68. The van der Waals surface area contributed by atoms with E-state index < -0.39 is 0 Å². The number of para-hydroxylation sites is 2. The number of nitrogens with one attached hydrogen (secondary N) is 1. The molecule has 0 spiro atoms. The Morgan fingerprint density at radius 1 is 1.00 bits per heavy atom. The molecule has 1 aliphatic heterocycles. The van der Waals surface area contributed by atoms with Crippen molar-refractivity contribution >= 4 is 49.3 Å². The van der Waals surface area contributed by atoms with E-state index in [0.717, 1.165) is 40.0 Å². The van der Waals surface area contributed by atoms with E-state index >= 15 is 0 Å². The fourth-order valence-corrected chi connectivity index (χ4v) is 4.63. The zero-order valence-corrected chi connectivity index (χ0v) is 17.3. The number of benzene rings is 2. The second kappa shape index (κ2) is 8.28. The molecule has 1 N–H and O–H groups in total. The first kappa shape index (κ1) is 18.8. The van der Waals surface area contributed by atoms with Gasteiger partial charge in [-0.25, -0.2) is 9.97 Å². The minimum absolute atomic E-state index is 0.0926. The molecule has 2 aromatic carbocycles. The minimum Gasteiger partial charge on any atom is -0.481 e. The predicted octanol–water partition coefficient (Wildman–Crippen LogP) is 4.85. The highest BCUT2D eigenvalue weighted by Gasteiger charge is 2.14. The van der Waals surface area contributed by atoms with E-state index in [-0.39, 0.29) is 12.5 Å². The number of ether oxygens (including phenoxy) is 1. The Morgan fingerprint density at radius 3 is 2.73 bits per heavy atom. The highest BCUT2D eigenvalue weighted by molar-refractivity contribution is 7.22. The van der Waals surface area contributed by atoms with Gasteiger partial charge in [-0.2, -0.15) is 0 Å². The van der Waals surface area contributed by atoms with Crippen LogP contribution in [0.1, 0.15) is 19.3 Å². The maximum Gasteiger partial charge on any atom is 0.264 e. The lowest BCUT2D eigenvalue weighted by atomic mass is 10.1. The summed E-state index contributed by atoms with van der Waals surface area (Å²) in [5.74, 6) is 1.35. The summed E-state index contributed by atoms with van der Waals surface area (Å²) in [4.78, 5) is 24.0. The summed E-state index contributed by atoms with van der Waals surface area (Å²) in [7, 11) is 0. The Kier molecular flexibility index (Phi) is 5.19. The van der Waals surface area contributed by atoms with Crippen LogP contribution >= 0.6 is 11.3 Å². The van der Waals surface area contributed by atoms with Crippen LogP contribution in [0, 0.1) is 0 Å². The summed E-state index contributed by atoms with van der Waals surface area (Å²) in [6, 6.07) is 17.7. The van der Waals surface area contributed by atoms with Gasteiger partial charge in [0.15, 0.2) is 11.7 Å². The van der Waals surface area contributed by atoms with Gasteiger partial charge in [0.25, 0.3) is 5.91 Å². The molecule has 0 bridgehead atoms. The maximum atomic E-state index is 12.4. The van der Waals surface area contributed by atoms with Gasteiger partial charge in [-0.05, 0) is 49.6 Å². The zero-order chi connectivity index (χ0) is 20.3. The molecule has 3 heterocycles. The van der Waals surface area contributed by atoms with Gasteiger partial charge in [0, 0.05) is 18.5 Å². The molecule has 1 saturated heterocycles. The van der Waals surface area contributed by atoms with Crippen LogP contribution in [0.15, 0.2) is 54.6 Å². The molecule has 6 nitrogen and oxygen atoms in total. The number of piperidine rings is 1. The van der Waals surface area contributed by atoms with Crippen molar-refractivity contribution in [3.8, 4) is 5.75 Å². The van der Waals surface area contributed by atoms with Gasteiger partial charge in [0.2, 0.25) is 0 Å². The van der Waals surface area contributed by atoms with Crippen molar-refractivity contribution in [2.24, 2.45) is 0 Å². The van der Waals surface area contributed by atoms with Gasteiger partial charge in [0.05, 0.1) is 10.2 Å². The van der Waals surface area contributed by atoms with E-state index in [9.17, 15) is 4.79 Å². The molecule has 0 saturated carbocycles. The second-order valence-corrected chi connectivity index (χ2v) is 8.40. The Bertz CT molecular complexity index is 1170. The van der Waals surface area contributed by atoms with E-state index in [0.29, 0.717) is 10.9 Å². The molecule has 0 unspecified atom stereocenters. The van der Waals surface area contributed by atoms with Gasteiger partial charge in [-0.1, -0.05) is 35.6 Å². The van der Waals surface area contributed by atoms with Crippen molar-refractivity contribution in [2.45, 2.75) is 19.3 Å². The lowest BCUT2D eigenvalue weighted by Crippen LogP contribution is -2.30. The van der Waals surface area contributed by atoms with E-state index in [4.69, 9.17) is 9.72 Å². The summed E-state index contributed by atoms with van der Waals surface area (Å²) in [6.45, 7) is 1.98. The van der Waals surface area contributed by atoms with Crippen LogP contribution in [0.5, 0.6) is 5.75 Å². The molecular formula is C23H22N4O2S. The molecule has 5 rings (SSSR count). The fraction of sp³-hybridized carbons (Fsp3) is 0.261. The molecule has 1 fully saturated rings. The lowest BCUT2D eigenvalue weighted by Gasteiger charge is -2.28. The third-order valence-corrected chi connectivity index (χ3v) is 6.20. The SMILES string of the molecule is O=C(COc1cccc2ccc(N3CCCCC3)nc12)Nc1nc2ccccc2s1. The monoisotopic (exact) mass is 418 g/mol. The van der Waals surface area contributed by atoms with Gasteiger partial charge >= 0.3 is 0 Å². The quantitative estimate of drug-likeness (QED) is 0.502. The number of aromatic nitrogens is 2. The normalized spacial score (nSPS) is 14.2. The number of nitrogens with zero attached hydrogens (tertiary/aromatic N) is 3. The Balaban J connectivity index is 1.31. The summed E-state index contributed by atoms with van der Waals surface area (Å²) >= 11 is 1.45. The van der Waals surface area contributed by atoms with Gasteiger partial charge in [-0.3, -0.25) is 10.1 Å². The molecule has 1 amide bonds. The minimum atomic E-state index is -0.238. The average Bonchev–Trinajstić information content (AvgIpc) is 3.20. The number of rotatable bonds is 5. The molecule has 1 aliphatic rings. The largest absolute Gasteiger partial charge is 0.481 e. The molecular weight excluding hydrogens is 396 g/mol. The fourth-order valence-electron chi connectivity index (χ4n) is 3.75. The second-order valence-electron chi connectivity index (χ2n) is 7.37. The summed E-state index contributed by atoms with van der Waals surface area (Å²) in [5.41, 5.74) is 1.66. The number of pyridine rings is 1. The number of carbonyl (C=O) groups is 1. The van der Waals surface area contributed by atoms with Crippen LogP contribution in [-0.2, 0) is 4.79 Å². The van der Waals surface area contributed by atoms with Gasteiger partial charge < -0.3 is 9.64 Å². The van der Waals surface area contributed by atoms with Crippen LogP contribution in [0.4, 0.5) is 10.9 Å². The lowest BCUT2D eigenvalue weighted by molar-refractivity contribution is -0.118. The van der Waals surface area contributed by atoms with Gasteiger partial charge in [0.1, 0.15) is 17.1 Å². The van der Waals surface area contributed by atoms with E-state index in [1.807, 2.05) is 42.5 Å². The van der Waals surface area contributed by atoms with Gasteiger partial charge in [-0.15, -0.1) is 0 Å². The number of thiazole rings is 1. The number of fused-ring (bicyclic) bond motifs is 2. The average molecular weight is 419 g/mol. The third kappa shape index (κ3) is 3.93. The molecule has 0 radical (unpaired) electrons. The molecule has 4 aromatic rings. The van der Waals surface area contributed by atoms with Crippen LogP contribution in [0.25, 0.3) is 21.1 Å². The topological polar surface area (TPSA) is 67.3 Å². The van der Waals surface area contributed by atoms with Crippen molar-refractivity contribution in [1.29, 1.82) is 0 Å². The standard InChI is InChI=1S/C23H22N4O2S/c28-21(26-23-24-17-8-2-3-10-19(17)30-23)15-29-18-9-6-7-16-11-12-20(25-22(16)18)27-13-4-1-5-14-27/h2-3,6-12H,1,4-5,13-15H2,(H,24,26,28). The summed E-state index contributed by atoms with van der Waals surface area (Å²) in [5, 5.41) is 4.40. The van der Waals surface area contributed by atoms with E-state index in [1.165, 1.54) is 30.6 Å². The first-order valence-electron chi connectivity index (χ1n) is 10.2. The smallest absolute Gasteiger partial charge is 0.264 e. The Hall–Kier alpha value is -3.19. The van der Waals surface area contributed by atoms with Crippen molar-refractivity contribution in [1.82, 2.24) is 9.97 Å². The van der Waals surface area contributed by atoms with E-state index in [2.05, 4.69) is 27.3 Å². The molecule has 2 aromatic heterocycles. The molecule has 30 heavy (non-hydrogen) atoms. The highest BCUT2D eigenvalue weighted by Crippen LogP contribution is 2.28. The number of hydrogen-bond donors (Lipinski definition) is 1. The van der Waals surface area contributed by atoms with Crippen LogP contribution in [0.2, 0.25) is 0 Å². The number of hydrogen-bond acceptors (Lipinski definition) is 6. The Morgan fingerprint density at radius 2 is 1.87 bits per heavy atom.